The van der Waals surface area contributed by atoms with Crippen LogP contribution < -0.4 is 0 Å². The van der Waals surface area contributed by atoms with Crippen LogP contribution in [0.4, 0.5) is 0 Å². The van der Waals surface area contributed by atoms with Crippen molar-refractivity contribution in [2.45, 2.75) is 39.2 Å². The fourth-order valence-electron chi connectivity index (χ4n) is 2.83. The Hall–Kier alpha value is -2.10. The Bertz CT molecular complexity index is 684. The summed E-state index contributed by atoms with van der Waals surface area (Å²) in [5.74, 6) is 0.737. The molecule has 0 fully saturated rings. The number of nitrogens with zero attached hydrogens (tertiary/aromatic N) is 3. The molecule has 110 valence electrons. The summed E-state index contributed by atoms with van der Waals surface area (Å²) in [7, 11) is 0. The Morgan fingerprint density at radius 2 is 2.10 bits per heavy atom. The van der Waals surface area contributed by atoms with E-state index in [0.29, 0.717) is 0 Å². The maximum Gasteiger partial charge on any atom is 0.0806 e. The van der Waals surface area contributed by atoms with Gasteiger partial charge in [-0.2, -0.15) is 0 Å². The zero-order valence-corrected chi connectivity index (χ0v) is 12.7. The highest BCUT2D eigenvalue weighted by Gasteiger charge is 2.19. The monoisotopic (exact) mass is 282 g/mol. The summed E-state index contributed by atoms with van der Waals surface area (Å²) in [6.07, 6.45) is 9.33. The molecule has 2 heterocycles. The van der Waals surface area contributed by atoms with Gasteiger partial charge in [-0.3, -0.25) is 0 Å². The van der Waals surface area contributed by atoms with Crippen LogP contribution in [0.3, 0.4) is 0 Å². The number of nitrogens with one attached hydrogen (secondary N) is 1. The highest BCUT2D eigenvalue weighted by atomic mass is 15.4. The lowest BCUT2D eigenvalue weighted by molar-refractivity contribution is 0.407. The predicted octanol–water partition coefficient (Wildman–Crippen LogP) is 4.18. The number of rotatable bonds is 6. The van der Waals surface area contributed by atoms with Gasteiger partial charge in [0.15, 0.2) is 0 Å². The van der Waals surface area contributed by atoms with Crippen LogP contribution in [0.15, 0.2) is 42.9 Å². The molecule has 3 aromatic rings. The van der Waals surface area contributed by atoms with E-state index >= 15 is 0 Å². The van der Waals surface area contributed by atoms with E-state index in [4.69, 9.17) is 0 Å². The highest BCUT2D eigenvalue weighted by Crippen LogP contribution is 2.30. The molecule has 0 saturated heterocycles. The van der Waals surface area contributed by atoms with Gasteiger partial charge in [0.1, 0.15) is 0 Å². The van der Waals surface area contributed by atoms with Crippen LogP contribution in [0.25, 0.3) is 10.9 Å². The lowest BCUT2D eigenvalue weighted by atomic mass is 9.95. The zero-order chi connectivity index (χ0) is 14.7. The van der Waals surface area contributed by atoms with Crippen LogP contribution in [0.5, 0.6) is 0 Å². The number of aromatic nitrogens is 4. The van der Waals surface area contributed by atoms with Gasteiger partial charge in [-0.1, -0.05) is 43.7 Å². The fourth-order valence-corrected chi connectivity index (χ4v) is 2.83. The summed E-state index contributed by atoms with van der Waals surface area (Å²) >= 11 is 0. The maximum atomic E-state index is 4.24. The van der Waals surface area contributed by atoms with Crippen LogP contribution >= 0.6 is 0 Å². The first-order valence-corrected chi connectivity index (χ1v) is 7.71. The van der Waals surface area contributed by atoms with Crippen LogP contribution in [0.2, 0.25) is 0 Å². The predicted molar refractivity (Wildman–Crippen MR) is 85.1 cm³/mol. The second-order valence-corrected chi connectivity index (χ2v) is 5.78. The molecule has 0 amide bonds. The Kier molecular flexibility index (Phi) is 4.04. The molecule has 0 aliphatic carbocycles. The second kappa shape index (κ2) is 6.12. The molecule has 0 saturated carbocycles. The molecular formula is C17H22N4. The van der Waals surface area contributed by atoms with E-state index in [1.54, 1.807) is 6.20 Å². The summed E-state index contributed by atoms with van der Waals surface area (Å²) in [5.41, 5.74) is 2.49. The molecule has 0 aliphatic rings. The zero-order valence-electron chi connectivity index (χ0n) is 12.7. The van der Waals surface area contributed by atoms with E-state index in [-0.39, 0.29) is 6.04 Å². The van der Waals surface area contributed by atoms with Gasteiger partial charge in [-0.15, -0.1) is 5.10 Å². The van der Waals surface area contributed by atoms with E-state index in [1.165, 1.54) is 29.3 Å². The number of hydrogen-bond donors (Lipinski definition) is 1. The number of hydrogen-bond acceptors (Lipinski definition) is 2. The van der Waals surface area contributed by atoms with Crippen molar-refractivity contribution in [2.75, 3.05) is 0 Å². The third kappa shape index (κ3) is 2.84. The first-order chi connectivity index (χ1) is 10.3. The Balaban J connectivity index is 1.95. The van der Waals surface area contributed by atoms with Crippen LogP contribution in [-0.2, 0) is 0 Å². The largest absolute Gasteiger partial charge is 0.361 e. The van der Waals surface area contributed by atoms with Crippen molar-refractivity contribution in [3.8, 4) is 0 Å². The van der Waals surface area contributed by atoms with Crippen molar-refractivity contribution in [3.63, 3.8) is 0 Å². The summed E-state index contributed by atoms with van der Waals surface area (Å²) < 4.78 is 1.98. The average molecular weight is 282 g/mol. The van der Waals surface area contributed by atoms with Gasteiger partial charge in [0, 0.05) is 28.9 Å². The third-order valence-corrected chi connectivity index (χ3v) is 4.37. The van der Waals surface area contributed by atoms with Crippen molar-refractivity contribution in [1.82, 2.24) is 20.0 Å². The molecule has 2 atom stereocenters. The van der Waals surface area contributed by atoms with Crippen molar-refractivity contribution >= 4 is 10.9 Å². The van der Waals surface area contributed by atoms with Crippen molar-refractivity contribution in [1.29, 1.82) is 0 Å². The standard InChI is InChI=1S/C17H22N4/c1-3-13(2)8-9-17(21-11-10-19-20-21)15-12-18-16-7-5-4-6-14(15)16/h4-7,10-13,17-18H,3,8-9H2,1-2H3. The minimum Gasteiger partial charge on any atom is -0.361 e. The number of aromatic amines is 1. The number of H-pyrrole nitrogens is 1. The molecule has 2 aromatic heterocycles. The Morgan fingerprint density at radius 3 is 2.86 bits per heavy atom. The van der Waals surface area contributed by atoms with Gasteiger partial charge in [0.2, 0.25) is 0 Å². The highest BCUT2D eigenvalue weighted by molar-refractivity contribution is 5.83. The molecule has 2 unspecified atom stereocenters. The molecule has 0 radical (unpaired) electrons. The average Bonchev–Trinajstić information content (AvgIpc) is 3.17. The summed E-state index contributed by atoms with van der Waals surface area (Å²) in [6.45, 7) is 4.56. The van der Waals surface area contributed by atoms with E-state index in [1.807, 2.05) is 10.9 Å². The first kappa shape index (κ1) is 13.9. The number of para-hydroxylation sites is 1. The topological polar surface area (TPSA) is 46.5 Å². The molecule has 21 heavy (non-hydrogen) atoms. The van der Waals surface area contributed by atoms with Crippen molar-refractivity contribution in [2.24, 2.45) is 5.92 Å². The van der Waals surface area contributed by atoms with E-state index in [9.17, 15) is 0 Å². The number of fused-ring (bicyclic) bond motifs is 1. The van der Waals surface area contributed by atoms with Gasteiger partial charge in [0.25, 0.3) is 0 Å². The van der Waals surface area contributed by atoms with E-state index in [0.717, 1.165) is 12.3 Å². The van der Waals surface area contributed by atoms with Crippen LogP contribution in [0, 0.1) is 5.92 Å². The van der Waals surface area contributed by atoms with Crippen LogP contribution in [-0.4, -0.2) is 20.0 Å². The minimum atomic E-state index is 0.248. The minimum absolute atomic E-state index is 0.248. The lowest BCUT2D eigenvalue weighted by Crippen LogP contribution is -2.12. The van der Waals surface area contributed by atoms with Gasteiger partial charge < -0.3 is 4.98 Å². The fraction of sp³-hybridized carbons (Fsp3) is 0.412. The molecule has 3 rings (SSSR count). The summed E-state index contributed by atoms with van der Waals surface area (Å²) in [5, 5.41) is 9.50. The Labute approximate surface area is 125 Å². The van der Waals surface area contributed by atoms with Crippen molar-refractivity contribution in [3.05, 3.63) is 48.4 Å². The van der Waals surface area contributed by atoms with Gasteiger partial charge in [-0.25, -0.2) is 4.68 Å². The summed E-state index contributed by atoms with van der Waals surface area (Å²) in [6, 6.07) is 8.69. The SMILES string of the molecule is CCC(C)CCC(c1c[nH]c2ccccc12)n1ccnn1. The molecule has 1 aromatic carbocycles. The van der Waals surface area contributed by atoms with Gasteiger partial charge in [-0.05, 0) is 24.8 Å². The van der Waals surface area contributed by atoms with Gasteiger partial charge >= 0.3 is 0 Å². The van der Waals surface area contributed by atoms with Crippen molar-refractivity contribution < 1.29 is 0 Å². The maximum absolute atomic E-state index is 4.24. The number of benzene rings is 1. The molecule has 0 spiro atoms. The van der Waals surface area contributed by atoms with Crippen LogP contribution in [0.1, 0.15) is 44.7 Å². The quantitative estimate of drug-likeness (QED) is 0.737. The smallest absolute Gasteiger partial charge is 0.0806 e. The molecule has 0 aliphatic heterocycles. The van der Waals surface area contributed by atoms with E-state index in [2.05, 4.69) is 59.6 Å². The second-order valence-electron chi connectivity index (χ2n) is 5.78. The molecule has 4 heteroatoms. The molecular weight excluding hydrogens is 260 g/mol. The first-order valence-electron chi connectivity index (χ1n) is 7.71. The molecule has 4 nitrogen and oxygen atoms in total. The normalized spacial score (nSPS) is 14.4. The molecule has 1 N–H and O–H groups in total. The summed E-state index contributed by atoms with van der Waals surface area (Å²) in [4.78, 5) is 3.37. The lowest BCUT2D eigenvalue weighted by Gasteiger charge is -2.18. The van der Waals surface area contributed by atoms with E-state index < -0.39 is 0 Å². The molecule has 0 bridgehead atoms. The Morgan fingerprint density at radius 1 is 1.24 bits per heavy atom. The third-order valence-electron chi connectivity index (χ3n) is 4.37. The van der Waals surface area contributed by atoms with Gasteiger partial charge in [0.05, 0.1) is 12.2 Å².